The Morgan fingerprint density at radius 3 is 2.29 bits per heavy atom. The summed E-state index contributed by atoms with van der Waals surface area (Å²) >= 11 is 0. The number of ether oxygens (including phenoxy) is 1. The van der Waals surface area contributed by atoms with Gasteiger partial charge in [0.1, 0.15) is 11.5 Å². The second-order valence-corrected chi connectivity index (χ2v) is 5.45. The van der Waals surface area contributed by atoms with Gasteiger partial charge >= 0.3 is 0 Å². The van der Waals surface area contributed by atoms with E-state index >= 15 is 0 Å². The van der Waals surface area contributed by atoms with Gasteiger partial charge in [-0.2, -0.15) is 0 Å². The van der Waals surface area contributed by atoms with Crippen LogP contribution in [-0.4, -0.2) is 11.9 Å². The Morgan fingerprint density at radius 2 is 1.62 bits per heavy atom. The molecule has 0 aromatic heterocycles. The van der Waals surface area contributed by atoms with Crippen LogP contribution in [0.4, 0.5) is 0 Å². The van der Waals surface area contributed by atoms with Gasteiger partial charge in [0.25, 0.3) is 5.91 Å². The second-order valence-electron chi connectivity index (χ2n) is 5.45. The lowest BCUT2D eigenvalue weighted by Gasteiger charge is -2.17. The first-order chi connectivity index (χ1) is 10.1. The normalized spacial score (nSPS) is 12.0. The van der Waals surface area contributed by atoms with Crippen molar-refractivity contribution >= 4 is 5.91 Å². The van der Waals surface area contributed by atoms with E-state index in [1.165, 1.54) is 0 Å². The Labute approximate surface area is 126 Å². The number of nitrogens with one attached hydrogen (secondary N) is 1. The molecule has 1 amide bonds. The summed E-state index contributed by atoms with van der Waals surface area (Å²) in [4.78, 5) is 12.2. The molecule has 2 aromatic carbocycles. The van der Waals surface area contributed by atoms with Crippen LogP contribution in [0.25, 0.3) is 0 Å². The molecule has 0 aliphatic heterocycles. The van der Waals surface area contributed by atoms with Crippen LogP contribution in [0.5, 0.6) is 11.5 Å². The van der Waals surface area contributed by atoms with E-state index in [-0.39, 0.29) is 11.9 Å². The van der Waals surface area contributed by atoms with Gasteiger partial charge in [-0.15, -0.1) is 0 Å². The van der Waals surface area contributed by atoms with Gasteiger partial charge < -0.3 is 10.1 Å². The lowest BCUT2D eigenvalue weighted by Crippen LogP contribution is -2.36. The quantitative estimate of drug-likeness (QED) is 0.890. The fourth-order valence-electron chi connectivity index (χ4n) is 1.78. The Balaban J connectivity index is 2.09. The molecule has 0 heterocycles. The van der Waals surface area contributed by atoms with Gasteiger partial charge in [-0.3, -0.25) is 4.79 Å². The van der Waals surface area contributed by atoms with E-state index in [0.717, 1.165) is 5.75 Å². The first-order valence-corrected chi connectivity index (χ1v) is 7.20. The highest BCUT2D eigenvalue weighted by atomic mass is 16.5. The van der Waals surface area contributed by atoms with Crippen molar-refractivity contribution in [1.82, 2.24) is 5.32 Å². The Morgan fingerprint density at radius 1 is 0.952 bits per heavy atom. The number of benzene rings is 2. The van der Waals surface area contributed by atoms with E-state index in [0.29, 0.717) is 17.2 Å². The van der Waals surface area contributed by atoms with E-state index in [2.05, 4.69) is 19.2 Å². The molecule has 3 heteroatoms. The molecule has 0 saturated heterocycles. The van der Waals surface area contributed by atoms with Crippen molar-refractivity contribution < 1.29 is 9.53 Å². The zero-order chi connectivity index (χ0) is 15.2. The van der Waals surface area contributed by atoms with Crippen LogP contribution in [0, 0.1) is 5.92 Å². The van der Waals surface area contributed by atoms with E-state index in [1.807, 2.05) is 49.4 Å². The lowest BCUT2D eigenvalue weighted by atomic mass is 10.1. The molecule has 2 rings (SSSR count). The molecule has 0 fully saturated rings. The van der Waals surface area contributed by atoms with Crippen molar-refractivity contribution in [3.05, 3.63) is 60.2 Å². The average molecular weight is 283 g/mol. The predicted octanol–water partition coefficient (Wildman–Crippen LogP) is 4.25. The number of rotatable bonds is 5. The Bertz CT molecular complexity index is 593. The average Bonchev–Trinajstić information content (AvgIpc) is 2.48. The number of hydrogen-bond donors (Lipinski definition) is 1. The zero-order valence-electron chi connectivity index (χ0n) is 12.7. The number of carbonyl (C=O) groups excluding carboxylic acids is 1. The van der Waals surface area contributed by atoms with E-state index in [1.54, 1.807) is 12.1 Å². The molecule has 0 aliphatic rings. The van der Waals surface area contributed by atoms with Gasteiger partial charge in [-0.25, -0.2) is 0 Å². The van der Waals surface area contributed by atoms with E-state index < -0.39 is 0 Å². The third-order valence-electron chi connectivity index (χ3n) is 3.43. The molecule has 0 spiro atoms. The highest BCUT2D eigenvalue weighted by Gasteiger charge is 2.13. The van der Waals surface area contributed by atoms with Crippen molar-refractivity contribution in [2.24, 2.45) is 5.92 Å². The van der Waals surface area contributed by atoms with Crippen molar-refractivity contribution in [2.45, 2.75) is 26.8 Å². The van der Waals surface area contributed by atoms with Gasteiger partial charge in [0, 0.05) is 11.6 Å². The zero-order valence-corrected chi connectivity index (χ0v) is 12.7. The molecule has 2 aromatic rings. The number of carbonyl (C=O) groups is 1. The molecule has 0 bridgehead atoms. The summed E-state index contributed by atoms with van der Waals surface area (Å²) in [7, 11) is 0. The van der Waals surface area contributed by atoms with Crippen molar-refractivity contribution in [2.75, 3.05) is 0 Å². The first kappa shape index (κ1) is 15.1. The molecule has 1 atom stereocenters. The monoisotopic (exact) mass is 283 g/mol. The smallest absolute Gasteiger partial charge is 0.251 e. The molecule has 3 nitrogen and oxygen atoms in total. The third-order valence-corrected chi connectivity index (χ3v) is 3.43. The summed E-state index contributed by atoms with van der Waals surface area (Å²) in [5, 5.41) is 2.99. The maximum Gasteiger partial charge on any atom is 0.251 e. The predicted molar refractivity (Wildman–Crippen MR) is 84.7 cm³/mol. The van der Waals surface area contributed by atoms with Crippen LogP contribution in [-0.2, 0) is 0 Å². The number of hydrogen-bond acceptors (Lipinski definition) is 2. The minimum absolute atomic E-state index is 0.0743. The largest absolute Gasteiger partial charge is 0.457 e. The molecule has 0 aliphatic carbocycles. The maximum atomic E-state index is 12.2. The van der Waals surface area contributed by atoms with Gasteiger partial charge in [-0.05, 0) is 43.2 Å². The summed E-state index contributed by atoms with van der Waals surface area (Å²) in [5.41, 5.74) is 0.607. The maximum absolute atomic E-state index is 12.2. The summed E-state index contributed by atoms with van der Waals surface area (Å²) in [6.45, 7) is 6.17. The highest BCUT2D eigenvalue weighted by molar-refractivity contribution is 5.94. The summed E-state index contributed by atoms with van der Waals surface area (Å²) in [5.74, 6) is 1.74. The van der Waals surface area contributed by atoms with Crippen LogP contribution < -0.4 is 10.1 Å². The van der Waals surface area contributed by atoms with Crippen LogP contribution in [0.15, 0.2) is 54.6 Å². The minimum atomic E-state index is -0.0743. The second kappa shape index (κ2) is 6.93. The Kier molecular flexibility index (Phi) is 4.99. The van der Waals surface area contributed by atoms with Crippen LogP contribution in [0.3, 0.4) is 0 Å². The minimum Gasteiger partial charge on any atom is -0.457 e. The third kappa shape index (κ3) is 4.35. The van der Waals surface area contributed by atoms with Crippen LogP contribution >= 0.6 is 0 Å². The Hall–Kier alpha value is -2.29. The summed E-state index contributed by atoms with van der Waals surface area (Å²) in [6, 6.07) is 16.9. The molecule has 0 saturated carbocycles. The van der Waals surface area contributed by atoms with Crippen LogP contribution in [0.2, 0.25) is 0 Å². The van der Waals surface area contributed by atoms with Crippen LogP contribution in [0.1, 0.15) is 31.1 Å². The fraction of sp³-hybridized carbons (Fsp3) is 0.278. The summed E-state index contributed by atoms with van der Waals surface area (Å²) < 4.78 is 5.74. The van der Waals surface area contributed by atoms with Gasteiger partial charge in [0.2, 0.25) is 0 Å². The molecule has 21 heavy (non-hydrogen) atoms. The molecular formula is C18H21NO2. The topological polar surface area (TPSA) is 38.3 Å². The first-order valence-electron chi connectivity index (χ1n) is 7.20. The summed E-state index contributed by atoms with van der Waals surface area (Å²) in [6.07, 6.45) is 0. The molecule has 1 N–H and O–H groups in total. The fourth-order valence-corrected chi connectivity index (χ4v) is 1.78. The molecule has 0 unspecified atom stereocenters. The van der Waals surface area contributed by atoms with Gasteiger partial charge in [-0.1, -0.05) is 38.1 Å². The molecule has 110 valence electrons. The van der Waals surface area contributed by atoms with E-state index in [4.69, 9.17) is 4.74 Å². The number of amides is 1. The van der Waals surface area contributed by atoms with Crippen molar-refractivity contribution in [1.29, 1.82) is 0 Å². The van der Waals surface area contributed by atoms with E-state index in [9.17, 15) is 4.79 Å². The van der Waals surface area contributed by atoms with Crippen molar-refractivity contribution in [3.8, 4) is 11.5 Å². The lowest BCUT2D eigenvalue weighted by molar-refractivity contribution is 0.0930. The highest BCUT2D eigenvalue weighted by Crippen LogP contribution is 2.21. The molecule has 0 radical (unpaired) electrons. The van der Waals surface area contributed by atoms with Gasteiger partial charge in [0.05, 0.1) is 0 Å². The van der Waals surface area contributed by atoms with Gasteiger partial charge in [0.15, 0.2) is 0 Å². The standard InChI is InChI=1S/C18H21NO2/c1-13(2)14(3)19-18(20)15-8-7-11-17(12-15)21-16-9-5-4-6-10-16/h4-14H,1-3H3,(H,19,20)/t14-/m1/s1. The SMILES string of the molecule is CC(C)[C@@H](C)NC(=O)c1cccc(Oc2ccccc2)c1. The molecular weight excluding hydrogens is 262 g/mol. The van der Waals surface area contributed by atoms with Crippen molar-refractivity contribution in [3.63, 3.8) is 0 Å². The number of para-hydroxylation sites is 1.